The van der Waals surface area contributed by atoms with Crippen molar-refractivity contribution in [1.82, 2.24) is 20.5 Å². The molecule has 1 aliphatic carbocycles. The van der Waals surface area contributed by atoms with Gasteiger partial charge in [0.05, 0.1) is 5.69 Å². The standard InChI is InChI=1S/C19H31N5O2S/c1-13(25)22-10-17-7-6-16(24(17)11-14-4-5-14)9-18(26)21-8-2-3-15-12-27-19(20)23-15/h12,14,16-17H,2-11H2,1H3,(H2,20,23)(H,21,26)(H,22,25)/t16-,17+/m0/s1. The molecule has 1 aromatic rings. The number of hydrogen-bond acceptors (Lipinski definition) is 6. The zero-order valence-electron chi connectivity index (χ0n) is 16.1. The maximum Gasteiger partial charge on any atom is 0.221 e. The fourth-order valence-electron chi connectivity index (χ4n) is 3.83. The Labute approximate surface area is 165 Å². The molecule has 27 heavy (non-hydrogen) atoms. The summed E-state index contributed by atoms with van der Waals surface area (Å²) < 4.78 is 0. The van der Waals surface area contributed by atoms with Crippen LogP contribution in [0.5, 0.6) is 0 Å². The maximum atomic E-state index is 12.4. The van der Waals surface area contributed by atoms with E-state index in [-0.39, 0.29) is 11.8 Å². The summed E-state index contributed by atoms with van der Waals surface area (Å²) in [7, 11) is 0. The first-order valence-electron chi connectivity index (χ1n) is 9.98. The van der Waals surface area contributed by atoms with E-state index in [1.807, 2.05) is 5.38 Å². The molecule has 2 fully saturated rings. The highest BCUT2D eigenvalue weighted by atomic mass is 32.1. The number of likely N-dealkylation sites (tertiary alicyclic amines) is 1. The minimum absolute atomic E-state index is 0.0180. The van der Waals surface area contributed by atoms with Gasteiger partial charge < -0.3 is 16.4 Å². The van der Waals surface area contributed by atoms with Crippen molar-refractivity contribution in [3.05, 3.63) is 11.1 Å². The Kier molecular flexibility index (Phi) is 7.07. The van der Waals surface area contributed by atoms with Gasteiger partial charge in [0.15, 0.2) is 5.13 Å². The number of anilines is 1. The van der Waals surface area contributed by atoms with Crippen LogP contribution in [0.3, 0.4) is 0 Å². The molecular weight excluding hydrogens is 362 g/mol. The zero-order chi connectivity index (χ0) is 19.2. The second-order valence-electron chi connectivity index (χ2n) is 7.80. The lowest BCUT2D eigenvalue weighted by Crippen LogP contribution is -2.45. The van der Waals surface area contributed by atoms with Crippen LogP contribution in [0.4, 0.5) is 5.13 Å². The number of aromatic nitrogens is 1. The molecule has 150 valence electrons. The third kappa shape index (κ3) is 6.46. The van der Waals surface area contributed by atoms with Crippen molar-refractivity contribution < 1.29 is 9.59 Å². The van der Waals surface area contributed by atoms with Gasteiger partial charge in [-0.1, -0.05) is 0 Å². The first-order valence-corrected chi connectivity index (χ1v) is 10.9. The van der Waals surface area contributed by atoms with Crippen LogP contribution in [-0.4, -0.2) is 53.4 Å². The first kappa shape index (κ1) is 20.1. The van der Waals surface area contributed by atoms with Gasteiger partial charge in [-0.15, -0.1) is 11.3 Å². The number of rotatable bonds is 10. The van der Waals surface area contributed by atoms with Gasteiger partial charge in [0.2, 0.25) is 11.8 Å². The van der Waals surface area contributed by atoms with Gasteiger partial charge in [-0.3, -0.25) is 14.5 Å². The summed E-state index contributed by atoms with van der Waals surface area (Å²) >= 11 is 1.45. The smallest absolute Gasteiger partial charge is 0.221 e. The largest absolute Gasteiger partial charge is 0.375 e. The average molecular weight is 394 g/mol. The Morgan fingerprint density at radius 1 is 1.26 bits per heavy atom. The maximum absolute atomic E-state index is 12.4. The topological polar surface area (TPSA) is 100 Å². The fourth-order valence-corrected chi connectivity index (χ4v) is 4.43. The van der Waals surface area contributed by atoms with Crippen molar-refractivity contribution in [3.63, 3.8) is 0 Å². The molecule has 2 amide bonds. The van der Waals surface area contributed by atoms with E-state index >= 15 is 0 Å². The Morgan fingerprint density at radius 3 is 2.70 bits per heavy atom. The van der Waals surface area contributed by atoms with Gasteiger partial charge in [-0.2, -0.15) is 0 Å². The van der Waals surface area contributed by atoms with E-state index in [1.54, 1.807) is 6.92 Å². The van der Waals surface area contributed by atoms with Gasteiger partial charge in [-0.25, -0.2) is 4.98 Å². The normalized spacial score (nSPS) is 22.7. The summed E-state index contributed by atoms with van der Waals surface area (Å²) in [5.74, 6) is 0.919. The minimum atomic E-state index is 0.0180. The van der Waals surface area contributed by atoms with Crippen molar-refractivity contribution >= 4 is 28.3 Å². The highest BCUT2D eigenvalue weighted by Crippen LogP contribution is 2.35. The molecule has 2 aliphatic rings. The van der Waals surface area contributed by atoms with Crippen molar-refractivity contribution in [2.45, 2.75) is 64.0 Å². The second-order valence-corrected chi connectivity index (χ2v) is 8.69. The van der Waals surface area contributed by atoms with Crippen LogP contribution in [0, 0.1) is 5.92 Å². The third-order valence-electron chi connectivity index (χ3n) is 5.45. The van der Waals surface area contributed by atoms with Gasteiger partial charge in [0.1, 0.15) is 0 Å². The van der Waals surface area contributed by atoms with Crippen molar-refractivity contribution in [2.75, 3.05) is 25.4 Å². The number of aryl methyl sites for hydroxylation is 1. The molecule has 0 unspecified atom stereocenters. The number of thiazole rings is 1. The van der Waals surface area contributed by atoms with E-state index in [4.69, 9.17) is 5.73 Å². The molecule has 2 atom stereocenters. The van der Waals surface area contributed by atoms with Crippen molar-refractivity contribution in [1.29, 1.82) is 0 Å². The summed E-state index contributed by atoms with van der Waals surface area (Å²) in [4.78, 5) is 30.4. The average Bonchev–Trinajstić information content (AvgIpc) is 3.23. The molecule has 4 N–H and O–H groups in total. The fraction of sp³-hybridized carbons (Fsp3) is 0.737. The first-order chi connectivity index (χ1) is 13.0. The van der Waals surface area contributed by atoms with Gasteiger partial charge >= 0.3 is 0 Å². The van der Waals surface area contributed by atoms with E-state index in [0.29, 0.717) is 36.7 Å². The minimum Gasteiger partial charge on any atom is -0.375 e. The van der Waals surface area contributed by atoms with E-state index < -0.39 is 0 Å². The molecule has 3 rings (SSSR count). The van der Waals surface area contributed by atoms with Crippen molar-refractivity contribution in [3.8, 4) is 0 Å². The van der Waals surface area contributed by atoms with E-state index in [1.165, 1.54) is 24.2 Å². The van der Waals surface area contributed by atoms with Crippen LogP contribution >= 0.6 is 11.3 Å². The lowest BCUT2D eigenvalue weighted by atomic mass is 10.1. The Hall–Kier alpha value is -1.67. The highest BCUT2D eigenvalue weighted by Gasteiger charge is 2.37. The monoisotopic (exact) mass is 393 g/mol. The summed E-state index contributed by atoms with van der Waals surface area (Å²) in [5.41, 5.74) is 6.63. The van der Waals surface area contributed by atoms with E-state index in [2.05, 4.69) is 20.5 Å². The van der Waals surface area contributed by atoms with E-state index in [0.717, 1.165) is 43.8 Å². The van der Waals surface area contributed by atoms with Crippen LogP contribution in [0.2, 0.25) is 0 Å². The van der Waals surface area contributed by atoms with Crippen LogP contribution in [-0.2, 0) is 16.0 Å². The van der Waals surface area contributed by atoms with Gasteiger partial charge in [0.25, 0.3) is 0 Å². The molecule has 0 bridgehead atoms. The summed E-state index contributed by atoms with van der Waals surface area (Å²) in [6, 6.07) is 0.658. The third-order valence-corrected chi connectivity index (χ3v) is 6.17. The molecule has 0 aromatic carbocycles. The molecule has 1 aromatic heterocycles. The molecule has 0 radical (unpaired) electrons. The number of carbonyl (C=O) groups excluding carboxylic acids is 2. The summed E-state index contributed by atoms with van der Waals surface area (Å²) in [6.45, 7) is 3.98. The van der Waals surface area contributed by atoms with Crippen LogP contribution in [0.15, 0.2) is 5.38 Å². The summed E-state index contributed by atoms with van der Waals surface area (Å²) in [6.07, 6.45) is 6.93. The Balaban J connectivity index is 1.40. The lowest BCUT2D eigenvalue weighted by molar-refractivity contribution is -0.122. The number of amides is 2. The van der Waals surface area contributed by atoms with Gasteiger partial charge in [0, 0.05) is 50.4 Å². The molecule has 0 spiro atoms. The number of nitrogens with one attached hydrogen (secondary N) is 2. The lowest BCUT2D eigenvalue weighted by Gasteiger charge is -2.30. The number of carbonyl (C=O) groups is 2. The van der Waals surface area contributed by atoms with Crippen molar-refractivity contribution in [2.24, 2.45) is 5.92 Å². The molecule has 1 aliphatic heterocycles. The summed E-state index contributed by atoms with van der Waals surface area (Å²) in [5, 5.41) is 8.57. The molecule has 1 saturated carbocycles. The number of nitrogen functional groups attached to an aromatic ring is 1. The van der Waals surface area contributed by atoms with Crippen LogP contribution in [0.1, 0.15) is 51.1 Å². The van der Waals surface area contributed by atoms with Crippen LogP contribution < -0.4 is 16.4 Å². The highest BCUT2D eigenvalue weighted by molar-refractivity contribution is 7.13. The molecule has 8 heteroatoms. The molecule has 7 nitrogen and oxygen atoms in total. The van der Waals surface area contributed by atoms with Gasteiger partial charge in [-0.05, 0) is 44.4 Å². The number of hydrogen-bond donors (Lipinski definition) is 3. The Morgan fingerprint density at radius 2 is 2.04 bits per heavy atom. The predicted octanol–water partition coefficient (Wildman–Crippen LogP) is 1.54. The van der Waals surface area contributed by atoms with Crippen LogP contribution in [0.25, 0.3) is 0 Å². The van der Waals surface area contributed by atoms with E-state index in [9.17, 15) is 9.59 Å². The quantitative estimate of drug-likeness (QED) is 0.524. The number of nitrogens with two attached hydrogens (primary N) is 1. The zero-order valence-corrected chi connectivity index (χ0v) is 16.9. The SMILES string of the molecule is CC(=O)NC[C@H]1CC[C@@H](CC(=O)NCCCc2csc(N)n2)N1CC1CC1. The number of nitrogens with zero attached hydrogens (tertiary/aromatic N) is 2. The molecular formula is C19H31N5O2S. The predicted molar refractivity (Wildman–Crippen MR) is 107 cm³/mol. The molecule has 2 heterocycles. The second kappa shape index (κ2) is 9.50. The Bertz CT molecular complexity index is 646. The molecule has 1 saturated heterocycles.